The van der Waals surface area contributed by atoms with Gasteiger partial charge in [0.15, 0.2) is 0 Å². The van der Waals surface area contributed by atoms with E-state index < -0.39 is 0 Å². The summed E-state index contributed by atoms with van der Waals surface area (Å²) in [5.41, 5.74) is 4.67. The molecule has 0 fully saturated rings. The van der Waals surface area contributed by atoms with Crippen LogP contribution in [-0.2, 0) is 0 Å². The van der Waals surface area contributed by atoms with Crippen molar-refractivity contribution in [2.24, 2.45) is 0 Å². The van der Waals surface area contributed by atoms with Crippen molar-refractivity contribution in [3.8, 4) is 28.1 Å². The molecule has 3 aromatic carbocycles. The third kappa shape index (κ3) is 2.63. The Bertz CT molecular complexity index is 938. The van der Waals surface area contributed by atoms with Gasteiger partial charge < -0.3 is 4.57 Å². The van der Waals surface area contributed by atoms with E-state index in [1.165, 1.54) is 6.07 Å². The molecule has 0 aliphatic rings. The Morgan fingerprint density at radius 3 is 1.75 bits per heavy atom. The molecule has 0 saturated carbocycles. The molecule has 0 spiro atoms. The molecule has 2 heteroatoms. The summed E-state index contributed by atoms with van der Waals surface area (Å²) in [5.74, 6) is -0.216. The average Bonchev–Trinajstić information content (AvgIpc) is 3.05. The maximum absolute atomic E-state index is 14.4. The fourth-order valence-corrected chi connectivity index (χ4v) is 2.94. The van der Waals surface area contributed by atoms with Gasteiger partial charge in [-0.2, -0.15) is 0 Å². The lowest BCUT2D eigenvalue weighted by Gasteiger charge is -2.10. The first-order valence-corrected chi connectivity index (χ1v) is 7.91. The molecule has 0 unspecified atom stereocenters. The molecule has 0 aliphatic carbocycles. The Morgan fingerprint density at radius 1 is 0.542 bits per heavy atom. The van der Waals surface area contributed by atoms with Crippen molar-refractivity contribution in [3.63, 3.8) is 0 Å². The molecule has 4 rings (SSSR count). The molecular formula is C22H16FN. The maximum atomic E-state index is 14.4. The van der Waals surface area contributed by atoms with Crippen molar-refractivity contribution in [2.45, 2.75) is 0 Å². The van der Waals surface area contributed by atoms with Crippen molar-refractivity contribution in [1.29, 1.82) is 0 Å². The van der Waals surface area contributed by atoms with Crippen LogP contribution in [0.1, 0.15) is 0 Å². The fourth-order valence-electron chi connectivity index (χ4n) is 2.94. The topological polar surface area (TPSA) is 4.93 Å². The summed E-state index contributed by atoms with van der Waals surface area (Å²) in [6.07, 6.45) is 1.77. The Hall–Kier alpha value is -3.13. The molecule has 1 nitrogen and oxygen atoms in total. The van der Waals surface area contributed by atoms with Crippen LogP contribution in [0.15, 0.2) is 97.2 Å². The number of halogens is 1. The summed E-state index contributed by atoms with van der Waals surface area (Å²) in [5, 5.41) is 0. The molecule has 1 aromatic heterocycles. The lowest BCUT2D eigenvalue weighted by molar-refractivity contribution is 0.631. The van der Waals surface area contributed by atoms with Crippen molar-refractivity contribution in [3.05, 3.63) is 103 Å². The van der Waals surface area contributed by atoms with Gasteiger partial charge in [0.25, 0.3) is 0 Å². The summed E-state index contributed by atoms with van der Waals surface area (Å²) in [6, 6.07) is 29.5. The van der Waals surface area contributed by atoms with Gasteiger partial charge in [0.05, 0.1) is 5.69 Å². The number of para-hydroxylation sites is 1. The van der Waals surface area contributed by atoms with Gasteiger partial charge in [0, 0.05) is 17.4 Å². The van der Waals surface area contributed by atoms with E-state index in [2.05, 4.69) is 12.1 Å². The molecule has 24 heavy (non-hydrogen) atoms. The number of nitrogens with zero attached hydrogens (tertiary/aromatic N) is 1. The molecule has 4 aromatic rings. The number of hydrogen-bond donors (Lipinski definition) is 0. The van der Waals surface area contributed by atoms with Crippen molar-refractivity contribution in [1.82, 2.24) is 4.57 Å². The minimum Gasteiger partial charge on any atom is -0.314 e. The van der Waals surface area contributed by atoms with Crippen LogP contribution in [0.4, 0.5) is 4.39 Å². The third-order valence-electron chi connectivity index (χ3n) is 4.14. The SMILES string of the molecule is Fc1ccn(-c2ccccc2)c1-c1ccc(-c2ccccc2)cc1. The highest BCUT2D eigenvalue weighted by atomic mass is 19.1. The van der Waals surface area contributed by atoms with Crippen molar-refractivity contribution < 1.29 is 4.39 Å². The minimum absolute atomic E-state index is 0.216. The van der Waals surface area contributed by atoms with Crippen LogP contribution in [0.5, 0.6) is 0 Å². The monoisotopic (exact) mass is 313 g/mol. The molecule has 0 bridgehead atoms. The number of aromatic nitrogens is 1. The highest BCUT2D eigenvalue weighted by Crippen LogP contribution is 2.29. The maximum Gasteiger partial charge on any atom is 0.149 e. The zero-order valence-electron chi connectivity index (χ0n) is 13.1. The van der Waals surface area contributed by atoms with Gasteiger partial charge in [-0.1, -0.05) is 72.8 Å². The second-order valence-corrected chi connectivity index (χ2v) is 5.66. The second-order valence-electron chi connectivity index (χ2n) is 5.66. The van der Waals surface area contributed by atoms with E-state index in [0.717, 1.165) is 22.4 Å². The quantitative estimate of drug-likeness (QED) is 0.440. The van der Waals surface area contributed by atoms with Gasteiger partial charge in [-0.05, 0) is 29.3 Å². The van der Waals surface area contributed by atoms with Crippen LogP contribution >= 0.6 is 0 Å². The standard InChI is InChI=1S/C22H16FN/c23-21-15-16-24(20-9-5-2-6-10-20)22(21)19-13-11-18(12-14-19)17-7-3-1-4-8-17/h1-16H. The molecule has 0 N–H and O–H groups in total. The summed E-state index contributed by atoms with van der Waals surface area (Å²) < 4.78 is 16.3. The Kier molecular flexibility index (Phi) is 3.72. The smallest absolute Gasteiger partial charge is 0.149 e. The Morgan fingerprint density at radius 2 is 1.08 bits per heavy atom. The van der Waals surface area contributed by atoms with Crippen molar-refractivity contribution >= 4 is 0 Å². The van der Waals surface area contributed by atoms with Crippen LogP contribution in [-0.4, -0.2) is 4.57 Å². The first-order chi connectivity index (χ1) is 11.8. The molecular weight excluding hydrogens is 297 g/mol. The Balaban J connectivity index is 1.76. The van der Waals surface area contributed by atoms with Crippen LogP contribution in [0.3, 0.4) is 0 Å². The third-order valence-corrected chi connectivity index (χ3v) is 4.14. The van der Waals surface area contributed by atoms with E-state index in [9.17, 15) is 4.39 Å². The Labute approximate surface area is 140 Å². The zero-order chi connectivity index (χ0) is 16.4. The molecule has 0 aliphatic heterocycles. The summed E-state index contributed by atoms with van der Waals surface area (Å²) >= 11 is 0. The zero-order valence-corrected chi connectivity index (χ0v) is 13.1. The largest absolute Gasteiger partial charge is 0.314 e. The van der Waals surface area contributed by atoms with E-state index in [1.54, 1.807) is 6.20 Å². The van der Waals surface area contributed by atoms with Gasteiger partial charge in [-0.3, -0.25) is 0 Å². The predicted molar refractivity (Wildman–Crippen MR) is 96.6 cm³/mol. The summed E-state index contributed by atoms with van der Waals surface area (Å²) in [7, 11) is 0. The van der Waals surface area contributed by atoms with E-state index >= 15 is 0 Å². The fraction of sp³-hybridized carbons (Fsp3) is 0. The molecule has 116 valence electrons. The van der Waals surface area contributed by atoms with Crippen LogP contribution in [0, 0.1) is 5.82 Å². The molecule has 0 radical (unpaired) electrons. The summed E-state index contributed by atoms with van der Waals surface area (Å²) in [6.45, 7) is 0. The van der Waals surface area contributed by atoms with E-state index in [-0.39, 0.29) is 5.82 Å². The minimum atomic E-state index is -0.216. The van der Waals surface area contributed by atoms with Gasteiger partial charge >= 0.3 is 0 Å². The molecule has 0 saturated heterocycles. The first kappa shape index (κ1) is 14.5. The normalized spacial score (nSPS) is 10.7. The highest BCUT2D eigenvalue weighted by Gasteiger charge is 2.12. The number of rotatable bonds is 3. The molecule has 0 amide bonds. The number of benzene rings is 3. The molecule has 1 heterocycles. The summed E-state index contributed by atoms with van der Waals surface area (Å²) in [4.78, 5) is 0. The lowest BCUT2D eigenvalue weighted by atomic mass is 10.0. The van der Waals surface area contributed by atoms with E-state index in [1.807, 2.05) is 77.4 Å². The van der Waals surface area contributed by atoms with Crippen molar-refractivity contribution in [2.75, 3.05) is 0 Å². The van der Waals surface area contributed by atoms with Gasteiger partial charge in [0.1, 0.15) is 5.82 Å². The predicted octanol–water partition coefficient (Wildman–Crippen LogP) is 5.95. The van der Waals surface area contributed by atoms with E-state index in [0.29, 0.717) is 5.69 Å². The van der Waals surface area contributed by atoms with Crippen LogP contribution in [0.25, 0.3) is 28.1 Å². The molecule has 0 atom stereocenters. The second kappa shape index (κ2) is 6.17. The van der Waals surface area contributed by atoms with Gasteiger partial charge in [-0.15, -0.1) is 0 Å². The van der Waals surface area contributed by atoms with Crippen LogP contribution < -0.4 is 0 Å². The number of hydrogen-bond acceptors (Lipinski definition) is 0. The highest BCUT2D eigenvalue weighted by molar-refractivity contribution is 5.70. The van der Waals surface area contributed by atoms with Gasteiger partial charge in [-0.25, -0.2) is 4.39 Å². The van der Waals surface area contributed by atoms with Gasteiger partial charge in [0.2, 0.25) is 0 Å². The lowest BCUT2D eigenvalue weighted by Crippen LogP contribution is -1.96. The average molecular weight is 313 g/mol. The van der Waals surface area contributed by atoms with Crippen LogP contribution in [0.2, 0.25) is 0 Å². The van der Waals surface area contributed by atoms with E-state index in [4.69, 9.17) is 0 Å². The first-order valence-electron chi connectivity index (χ1n) is 7.91.